The van der Waals surface area contributed by atoms with Gasteiger partial charge in [-0.2, -0.15) is 0 Å². The Bertz CT molecular complexity index is 582. The van der Waals surface area contributed by atoms with E-state index in [-0.39, 0.29) is 18.3 Å². The quantitative estimate of drug-likeness (QED) is 0.838. The zero-order valence-electron chi connectivity index (χ0n) is 13.3. The largest absolute Gasteiger partial charge is 0.493 e. The van der Waals surface area contributed by atoms with Gasteiger partial charge in [0.05, 0.1) is 26.6 Å². The Labute approximate surface area is 129 Å². The molecule has 1 saturated heterocycles. The van der Waals surface area contributed by atoms with Crippen LogP contribution in [0.4, 0.5) is 0 Å². The van der Waals surface area contributed by atoms with Gasteiger partial charge >= 0.3 is 5.97 Å². The molecule has 1 N–H and O–H groups in total. The van der Waals surface area contributed by atoms with Crippen molar-refractivity contribution in [3.63, 3.8) is 0 Å². The second-order valence-electron chi connectivity index (χ2n) is 5.74. The molecule has 6 heteroatoms. The van der Waals surface area contributed by atoms with Crippen LogP contribution in [0.3, 0.4) is 0 Å². The maximum atomic E-state index is 12.3. The van der Waals surface area contributed by atoms with E-state index in [4.69, 9.17) is 14.2 Å². The fourth-order valence-corrected chi connectivity index (χ4v) is 2.53. The molecule has 0 bridgehead atoms. The van der Waals surface area contributed by atoms with E-state index in [9.17, 15) is 9.59 Å². The van der Waals surface area contributed by atoms with Crippen molar-refractivity contribution in [1.29, 1.82) is 0 Å². The summed E-state index contributed by atoms with van der Waals surface area (Å²) in [6.45, 7) is 3.84. The lowest BCUT2D eigenvalue weighted by atomic mass is 9.90. The van der Waals surface area contributed by atoms with Crippen molar-refractivity contribution in [2.45, 2.75) is 32.4 Å². The summed E-state index contributed by atoms with van der Waals surface area (Å²) in [6.07, 6.45) is 0.116. The molecule has 0 aromatic heterocycles. The highest BCUT2D eigenvalue weighted by Crippen LogP contribution is 2.32. The van der Waals surface area contributed by atoms with Gasteiger partial charge in [-0.3, -0.25) is 9.59 Å². The Kier molecular flexibility index (Phi) is 4.59. The van der Waals surface area contributed by atoms with Crippen LogP contribution in [0.2, 0.25) is 0 Å². The van der Waals surface area contributed by atoms with E-state index in [2.05, 4.69) is 5.32 Å². The molecule has 1 aliphatic heterocycles. The number of cyclic esters (lactones) is 1. The van der Waals surface area contributed by atoms with Crippen molar-refractivity contribution in [2.75, 3.05) is 14.2 Å². The number of carbonyl (C=O) groups is 2. The third-order valence-electron chi connectivity index (χ3n) is 3.82. The lowest BCUT2D eigenvalue weighted by Crippen LogP contribution is -2.40. The van der Waals surface area contributed by atoms with Gasteiger partial charge in [0.25, 0.3) is 0 Å². The molecular weight excluding hydrogens is 286 g/mol. The van der Waals surface area contributed by atoms with Crippen LogP contribution < -0.4 is 14.8 Å². The van der Waals surface area contributed by atoms with Crippen LogP contribution in [0.5, 0.6) is 11.5 Å². The summed E-state index contributed by atoms with van der Waals surface area (Å²) in [7, 11) is 3.13. The highest BCUT2D eigenvalue weighted by Gasteiger charge is 2.45. The molecular formula is C16H21NO5. The number of hydrogen-bond donors (Lipinski definition) is 1. The maximum absolute atomic E-state index is 12.3. The first kappa shape index (κ1) is 16.1. The van der Waals surface area contributed by atoms with E-state index in [1.807, 2.05) is 6.07 Å². The summed E-state index contributed by atoms with van der Waals surface area (Å²) < 4.78 is 15.6. The van der Waals surface area contributed by atoms with Crippen molar-refractivity contribution >= 4 is 11.9 Å². The minimum absolute atomic E-state index is 0.116. The van der Waals surface area contributed by atoms with E-state index in [1.54, 1.807) is 40.2 Å². The van der Waals surface area contributed by atoms with Gasteiger partial charge in [0.1, 0.15) is 5.60 Å². The summed E-state index contributed by atoms with van der Waals surface area (Å²) in [4.78, 5) is 23.6. The fraction of sp³-hybridized carbons (Fsp3) is 0.500. The fourth-order valence-electron chi connectivity index (χ4n) is 2.53. The summed E-state index contributed by atoms with van der Waals surface area (Å²) in [5.41, 5.74) is 0.118. The number of methoxy groups -OCH3 is 2. The van der Waals surface area contributed by atoms with Crippen LogP contribution in [0.25, 0.3) is 0 Å². The van der Waals surface area contributed by atoms with E-state index in [0.717, 1.165) is 5.56 Å². The molecule has 6 nitrogen and oxygen atoms in total. The molecule has 1 heterocycles. The second kappa shape index (κ2) is 6.25. The lowest BCUT2D eigenvalue weighted by Gasteiger charge is -2.23. The SMILES string of the molecule is COc1ccc(CNC(=O)[C@H]2CC(=O)OC2(C)C)cc1OC. The molecule has 0 radical (unpaired) electrons. The topological polar surface area (TPSA) is 73.9 Å². The predicted molar refractivity (Wildman–Crippen MR) is 79.7 cm³/mol. The summed E-state index contributed by atoms with van der Waals surface area (Å²) in [6, 6.07) is 5.44. The van der Waals surface area contributed by atoms with Crippen molar-refractivity contribution in [1.82, 2.24) is 5.32 Å². The first-order valence-corrected chi connectivity index (χ1v) is 7.08. The minimum atomic E-state index is -0.765. The van der Waals surface area contributed by atoms with E-state index in [1.165, 1.54) is 0 Å². The van der Waals surface area contributed by atoms with E-state index in [0.29, 0.717) is 18.0 Å². The van der Waals surface area contributed by atoms with Gasteiger partial charge in [-0.15, -0.1) is 0 Å². The van der Waals surface area contributed by atoms with Crippen LogP contribution in [0, 0.1) is 5.92 Å². The number of benzene rings is 1. The Hall–Kier alpha value is -2.24. The van der Waals surface area contributed by atoms with Crippen molar-refractivity contribution in [3.05, 3.63) is 23.8 Å². The monoisotopic (exact) mass is 307 g/mol. The summed E-state index contributed by atoms with van der Waals surface area (Å²) in [5.74, 6) is 0.240. The van der Waals surface area contributed by atoms with Gasteiger partial charge in [-0.1, -0.05) is 6.07 Å². The average molecular weight is 307 g/mol. The van der Waals surface area contributed by atoms with Gasteiger partial charge < -0.3 is 19.5 Å². The Morgan fingerprint density at radius 2 is 2.00 bits per heavy atom. The van der Waals surface area contributed by atoms with Crippen LogP contribution >= 0.6 is 0 Å². The van der Waals surface area contributed by atoms with Gasteiger partial charge in [-0.25, -0.2) is 0 Å². The highest BCUT2D eigenvalue weighted by atomic mass is 16.6. The van der Waals surface area contributed by atoms with Crippen LogP contribution in [-0.4, -0.2) is 31.7 Å². The molecule has 1 amide bonds. The molecule has 0 unspecified atom stereocenters. The number of hydrogen-bond acceptors (Lipinski definition) is 5. The zero-order chi connectivity index (χ0) is 16.3. The van der Waals surface area contributed by atoms with Crippen molar-refractivity contribution < 1.29 is 23.8 Å². The van der Waals surface area contributed by atoms with Gasteiger partial charge in [0, 0.05) is 6.54 Å². The molecule has 0 aliphatic carbocycles. The molecule has 120 valence electrons. The Balaban J connectivity index is 2.01. The van der Waals surface area contributed by atoms with E-state index < -0.39 is 11.5 Å². The summed E-state index contributed by atoms with van der Waals surface area (Å²) >= 11 is 0. The molecule has 2 rings (SSSR count). The number of esters is 1. The first-order valence-electron chi connectivity index (χ1n) is 7.08. The molecule has 0 saturated carbocycles. The zero-order valence-corrected chi connectivity index (χ0v) is 13.3. The molecule has 1 aliphatic rings. The second-order valence-corrected chi connectivity index (χ2v) is 5.74. The highest BCUT2D eigenvalue weighted by molar-refractivity contribution is 5.87. The molecule has 1 aromatic carbocycles. The lowest BCUT2D eigenvalue weighted by molar-refractivity contribution is -0.147. The molecule has 1 atom stereocenters. The number of amides is 1. The predicted octanol–water partition coefficient (Wildman–Crippen LogP) is 1.66. The molecule has 1 aromatic rings. The minimum Gasteiger partial charge on any atom is -0.493 e. The molecule has 0 spiro atoms. The van der Waals surface area contributed by atoms with Gasteiger partial charge in [0.15, 0.2) is 11.5 Å². The van der Waals surface area contributed by atoms with Gasteiger partial charge in [-0.05, 0) is 31.5 Å². The normalized spacial score (nSPS) is 19.5. The van der Waals surface area contributed by atoms with Crippen LogP contribution in [-0.2, 0) is 20.9 Å². The van der Waals surface area contributed by atoms with Gasteiger partial charge in [0.2, 0.25) is 5.91 Å². The third-order valence-corrected chi connectivity index (χ3v) is 3.82. The maximum Gasteiger partial charge on any atom is 0.307 e. The van der Waals surface area contributed by atoms with Crippen LogP contribution in [0.1, 0.15) is 25.8 Å². The molecule has 1 fully saturated rings. The number of carbonyl (C=O) groups excluding carboxylic acids is 2. The van der Waals surface area contributed by atoms with Crippen molar-refractivity contribution in [2.24, 2.45) is 5.92 Å². The number of rotatable bonds is 5. The Morgan fingerprint density at radius 1 is 1.32 bits per heavy atom. The smallest absolute Gasteiger partial charge is 0.307 e. The number of ether oxygens (including phenoxy) is 3. The third kappa shape index (κ3) is 3.32. The summed E-state index contributed by atoms with van der Waals surface area (Å²) in [5, 5.41) is 2.84. The first-order chi connectivity index (χ1) is 10.4. The van der Waals surface area contributed by atoms with E-state index >= 15 is 0 Å². The average Bonchev–Trinajstić information content (AvgIpc) is 2.77. The van der Waals surface area contributed by atoms with Crippen LogP contribution in [0.15, 0.2) is 18.2 Å². The Morgan fingerprint density at radius 3 is 2.55 bits per heavy atom. The molecule has 22 heavy (non-hydrogen) atoms. The van der Waals surface area contributed by atoms with Crippen molar-refractivity contribution in [3.8, 4) is 11.5 Å². The standard InChI is InChI=1S/C16H21NO5/c1-16(2)11(8-14(18)22-16)15(19)17-9-10-5-6-12(20-3)13(7-10)21-4/h5-7,11H,8-9H2,1-4H3,(H,17,19)/t11-/m1/s1. The number of nitrogens with one attached hydrogen (secondary N) is 1.